The third kappa shape index (κ3) is 7.06. The SMILES string of the molecule is CC(C)(C)c1ccc2c(c1)C(C)(C)c1cc(C(C)(C)C)cc(N(c3ccc(-c4ccc5ccccc5c4)cc3)c3cc(C(C)(C)C)cc4c3-c3ccc(C(C)(C)C)cc3C4(C)C)c1-2. The van der Waals surface area contributed by atoms with E-state index in [1.54, 1.807) is 0 Å². The molecule has 0 heterocycles. The van der Waals surface area contributed by atoms with Gasteiger partial charge in [-0.2, -0.15) is 0 Å². The van der Waals surface area contributed by atoms with Crippen LogP contribution in [0.1, 0.15) is 155 Å². The van der Waals surface area contributed by atoms with Crippen LogP contribution in [0.3, 0.4) is 0 Å². The van der Waals surface area contributed by atoms with Gasteiger partial charge in [0.05, 0.1) is 11.4 Å². The summed E-state index contributed by atoms with van der Waals surface area (Å²) in [6.45, 7) is 38.1. The summed E-state index contributed by atoms with van der Waals surface area (Å²) < 4.78 is 0. The summed E-state index contributed by atoms with van der Waals surface area (Å²) in [5.41, 5.74) is 22.1. The van der Waals surface area contributed by atoms with Crippen molar-refractivity contribution in [3.05, 3.63) is 172 Å². The highest BCUT2D eigenvalue weighted by molar-refractivity contribution is 6.01. The maximum absolute atomic E-state index is 2.66. The highest BCUT2D eigenvalue weighted by Gasteiger charge is 2.43. The zero-order chi connectivity index (χ0) is 45.4. The molecule has 0 radical (unpaired) electrons. The summed E-state index contributed by atoms with van der Waals surface area (Å²) in [4.78, 5) is 2.66. The fourth-order valence-corrected chi connectivity index (χ4v) is 10.4. The number of rotatable bonds is 4. The number of benzene rings is 7. The maximum atomic E-state index is 2.66. The maximum Gasteiger partial charge on any atom is 0.0546 e. The van der Waals surface area contributed by atoms with Crippen molar-refractivity contribution in [3.8, 4) is 33.4 Å². The zero-order valence-corrected chi connectivity index (χ0v) is 41.1. The van der Waals surface area contributed by atoms with Gasteiger partial charge in [0.2, 0.25) is 0 Å². The predicted molar refractivity (Wildman–Crippen MR) is 274 cm³/mol. The van der Waals surface area contributed by atoms with Gasteiger partial charge in [0.15, 0.2) is 0 Å². The van der Waals surface area contributed by atoms with Crippen LogP contribution in [0.2, 0.25) is 0 Å². The van der Waals surface area contributed by atoms with Crippen LogP contribution in [-0.4, -0.2) is 0 Å². The summed E-state index contributed by atoms with van der Waals surface area (Å²) in [6, 6.07) is 49.8. The molecule has 1 heteroatoms. The molecule has 0 aromatic heterocycles. The van der Waals surface area contributed by atoms with Crippen LogP contribution >= 0.6 is 0 Å². The van der Waals surface area contributed by atoms with E-state index >= 15 is 0 Å². The van der Waals surface area contributed by atoms with Crippen molar-refractivity contribution < 1.29 is 0 Å². The number of anilines is 3. The molecule has 2 aliphatic rings. The Kier molecular flexibility index (Phi) is 9.56. The molecular formula is C62H69N. The lowest BCUT2D eigenvalue weighted by Gasteiger charge is -2.35. The van der Waals surface area contributed by atoms with Crippen LogP contribution in [0.25, 0.3) is 44.2 Å². The lowest BCUT2D eigenvalue weighted by atomic mass is 9.77. The van der Waals surface area contributed by atoms with Crippen molar-refractivity contribution in [1.29, 1.82) is 0 Å². The van der Waals surface area contributed by atoms with E-state index in [1.807, 2.05) is 0 Å². The van der Waals surface area contributed by atoms with E-state index < -0.39 is 0 Å². The molecule has 0 N–H and O–H groups in total. The van der Waals surface area contributed by atoms with Crippen LogP contribution in [0, 0.1) is 0 Å². The Hall–Kier alpha value is -5.40. The Morgan fingerprint density at radius 3 is 1.17 bits per heavy atom. The van der Waals surface area contributed by atoms with Crippen molar-refractivity contribution in [3.63, 3.8) is 0 Å². The van der Waals surface area contributed by atoms with E-state index in [4.69, 9.17) is 0 Å². The van der Waals surface area contributed by atoms with Crippen molar-refractivity contribution in [1.82, 2.24) is 0 Å². The highest BCUT2D eigenvalue weighted by Crippen LogP contribution is 2.60. The van der Waals surface area contributed by atoms with E-state index in [-0.39, 0.29) is 32.5 Å². The lowest BCUT2D eigenvalue weighted by molar-refractivity contribution is 0.580. The summed E-state index contributed by atoms with van der Waals surface area (Å²) in [7, 11) is 0. The Morgan fingerprint density at radius 1 is 0.349 bits per heavy atom. The van der Waals surface area contributed by atoms with Gasteiger partial charge in [0, 0.05) is 27.6 Å². The molecule has 0 unspecified atom stereocenters. The highest BCUT2D eigenvalue weighted by atomic mass is 15.1. The second-order valence-corrected chi connectivity index (χ2v) is 24.1. The Labute approximate surface area is 379 Å². The van der Waals surface area contributed by atoms with Crippen LogP contribution < -0.4 is 4.90 Å². The van der Waals surface area contributed by atoms with Gasteiger partial charge in [-0.05, 0) is 130 Å². The van der Waals surface area contributed by atoms with Crippen molar-refractivity contribution in [2.24, 2.45) is 0 Å². The van der Waals surface area contributed by atoms with Gasteiger partial charge >= 0.3 is 0 Å². The Morgan fingerprint density at radius 2 is 0.746 bits per heavy atom. The van der Waals surface area contributed by atoms with Gasteiger partial charge in [0.1, 0.15) is 0 Å². The van der Waals surface area contributed by atoms with Gasteiger partial charge in [-0.1, -0.05) is 208 Å². The monoisotopic (exact) mass is 828 g/mol. The van der Waals surface area contributed by atoms with E-state index in [0.717, 1.165) is 5.69 Å². The van der Waals surface area contributed by atoms with Gasteiger partial charge in [-0.15, -0.1) is 0 Å². The molecule has 0 bridgehead atoms. The van der Waals surface area contributed by atoms with Crippen molar-refractivity contribution in [2.75, 3.05) is 4.90 Å². The third-order valence-corrected chi connectivity index (χ3v) is 14.7. The average Bonchev–Trinajstić information content (AvgIpc) is 3.58. The smallest absolute Gasteiger partial charge is 0.0546 e. The Bertz CT molecular complexity index is 2810. The molecule has 7 aromatic rings. The van der Waals surface area contributed by atoms with Crippen molar-refractivity contribution >= 4 is 27.8 Å². The minimum Gasteiger partial charge on any atom is -0.309 e. The zero-order valence-electron chi connectivity index (χ0n) is 41.1. The molecule has 0 spiro atoms. The second-order valence-electron chi connectivity index (χ2n) is 24.1. The first-order valence-electron chi connectivity index (χ1n) is 23.3. The first-order chi connectivity index (χ1) is 29.3. The summed E-state index contributed by atoms with van der Waals surface area (Å²) >= 11 is 0. The quantitative estimate of drug-likeness (QED) is 0.171. The van der Waals surface area contributed by atoms with Crippen LogP contribution in [0.5, 0.6) is 0 Å². The van der Waals surface area contributed by atoms with Crippen molar-refractivity contribution in [2.45, 2.75) is 143 Å². The predicted octanol–water partition coefficient (Wildman–Crippen LogP) is 17.8. The molecule has 0 aliphatic heterocycles. The molecule has 9 rings (SSSR count). The molecule has 2 aliphatic carbocycles. The second kappa shape index (κ2) is 14.0. The van der Waals surface area contributed by atoms with Gasteiger partial charge < -0.3 is 4.90 Å². The van der Waals surface area contributed by atoms with E-state index in [0.29, 0.717) is 0 Å². The summed E-state index contributed by atoms with van der Waals surface area (Å²) in [5.74, 6) is 0. The average molecular weight is 828 g/mol. The van der Waals surface area contributed by atoms with Gasteiger partial charge in [-0.3, -0.25) is 0 Å². The van der Waals surface area contributed by atoms with Gasteiger partial charge in [-0.25, -0.2) is 0 Å². The molecule has 0 fully saturated rings. The molecule has 1 nitrogen and oxygen atoms in total. The molecule has 0 saturated heterocycles. The fraction of sp³-hybridized carbons (Fsp3) is 0.355. The first-order valence-corrected chi connectivity index (χ1v) is 23.3. The van der Waals surface area contributed by atoms with Crippen LogP contribution in [0.4, 0.5) is 17.1 Å². The molecule has 0 atom stereocenters. The number of nitrogens with zero attached hydrogens (tertiary/aromatic N) is 1. The molecule has 322 valence electrons. The van der Waals surface area contributed by atoms with Gasteiger partial charge in [0.25, 0.3) is 0 Å². The number of hydrogen-bond donors (Lipinski definition) is 0. The molecule has 63 heavy (non-hydrogen) atoms. The fourth-order valence-electron chi connectivity index (χ4n) is 10.4. The number of fused-ring (bicyclic) bond motifs is 7. The molecule has 0 amide bonds. The van der Waals surface area contributed by atoms with E-state index in [9.17, 15) is 0 Å². The largest absolute Gasteiger partial charge is 0.309 e. The molecule has 0 saturated carbocycles. The third-order valence-electron chi connectivity index (χ3n) is 14.7. The molecular weight excluding hydrogens is 759 g/mol. The lowest BCUT2D eigenvalue weighted by Crippen LogP contribution is -2.22. The standard InChI is InChI=1S/C62H69N/c1-57(2,3)42-25-29-47-49(32-42)61(13,14)51-34-44(59(7,8)9)36-53(55(47)51)63(46-27-23-39(24-28-46)41-22-21-38-19-17-18-20-40(38)31-41)54-37-45(60(10,11)12)35-52-56(54)48-30-26-43(58(4,5)6)33-50(48)62(52,15)16/h17-37H,1-16H3. The molecule has 7 aromatic carbocycles. The van der Waals surface area contributed by atoms with E-state index in [2.05, 4.69) is 243 Å². The first kappa shape index (κ1) is 42.9. The summed E-state index contributed by atoms with van der Waals surface area (Å²) in [5, 5.41) is 2.52. The van der Waals surface area contributed by atoms with Crippen LogP contribution in [-0.2, 0) is 32.5 Å². The van der Waals surface area contributed by atoms with Crippen LogP contribution in [0.15, 0.2) is 127 Å². The number of hydrogen-bond acceptors (Lipinski definition) is 1. The normalized spacial score (nSPS) is 15.2. The summed E-state index contributed by atoms with van der Waals surface area (Å²) in [6.07, 6.45) is 0. The van der Waals surface area contributed by atoms with E-state index in [1.165, 1.54) is 100 Å². The topological polar surface area (TPSA) is 3.24 Å². The minimum atomic E-state index is -0.194. The Balaban J connectivity index is 1.39. The minimum absolute atomic E-state index is 0.0408.